The quantitative estimate of drug-likeness (QED) is 0.618. The second kappa shape index (κ2) is 7.21. The van der Waals surface area contributed by atoms with Crippen LogP contribution >= 0.6 is 11.8 Å². The fourth-order valence-corrected chi connectivity index (χ4v) is 2.53. The lowest BCUT2D eigenvalue weighted by molar-refractivity contribution is -0.116. The number of furan rings is 1. The van der Waals surface area contributed by atoms with Crippen molar-refractivity contribution in [2.45, 2.75) is 18.2 Å². The SMILES string of the molecule is O=C(/C=C/SCc1ccco1)N[C@@H]1C=C[C@H](CO)C1. The first-order valence-corrected chi connectivity index (χ1v) is 7.23. The third-order valence-electron chi connectivity index (χ3n) is 2.86. The number of hydrogen-bond acceptors (Lipinski definition) is 4. The number of nitrogens with one attached hydrogen (secondary N) is 1. The monoisotopic (exact) mass is 279 g/mol. The molecule has 0 saturated carbocycles. The highest BCUT2D eigenvalue weighted by atomic mass is 32.2. The first kappa shape index (κ1) is 14.0. The van der Waals surface area contributed by atoms with Gasteiger partial charge >= 0.3 is 0 Å². The van der Waals surface area contributed by atoms with Gasteiger partial charge in [-0.1, -0.05) is 12.2 Å². The van der Waals surface area contributed by atoms with Gasteiger partial charge in [-0.05, 0) is 24.0 Å². The van der Waals surface area contributed by atoms with Crippen LogP contribution in [-0.2, 0) is 10.5 Å². The van der Waals surface area contributed by atoms with Crippen molar-refractivity contribution >= 4 is 17.7 Å². The molecular weight excluding hydrogens is 262 g/mol. The Bertz CT molecular complexity index is 453. The minimum absolute atomic E-state index is 0.0318. The second-order valence-electron chi connectivity index (χ2n) is 4.37. The molecule has 1 heterocycles. The van der Waals surface area contributed by atoms with Crippen LogP contribution in [0.15, 0.2) is 46.4 Å². The molecule has 0 unspecified atom stereocenters. The Kier molecular flexibility index (Phi) is 5.30. The van der Waals surface area contributed by atoms with Crippen molar-refractivity contribution in [3.05, 3.63) is 47.8 Å². The van der Waals surface area contributed by atoms with E-state index < -0.39 is 0 Å². The van der Waals surface area contributed by atoms with Crippen molar-refractivity contribution in [2.24, 2.45) is 5.92 Å². The van der Waals surface area contributed by atoms with E-state index >= 15 is 0 Å². The molecule has 0 aliphatic heterocycles. The molecule has 19 heavy (non-hydrogen) atoms. The Morgan fingerprint density at radius 1 is 1.58 bits per heavy atom. The lowest BCUT2D eigenvalue weighted by Crippen LogP contribution is -2.31. The van der Waals surface area contributed by atoms with E-state index in [9.17, 15) is 4.79 Å². The Morgan fingerprint density at radius 3 is 3.16 bits per heavy atom. The molecule has 1 aliphatic carbocycles. The molecule has 1 aliphatic rings. The molecule has 1 aromatic heterocycles. The molecule has 2 N–H and O–H groups in total. The Labute approximate surface area is 116 Å². The van der Waals surface area contributed by atoms with E-state index in [2.05, 4.69) is 5.32 Å². The summed E-state index contributed by atoms with van der Waals surface area (Å²) in [5.74, 6) is 1.66. The number of amides is 1. The van der Waals surface area contributed by atoms with E-state index in [0.29, 0.717) is 5.75 Å². The van der Waals surface area contributed by atoms with Gasteiger partial charge in [-0.25, -0.2) is 0 Å². The van der Waals surface area contributed by atoms with Crippen LogP contribution in [-0.4, -0.2) is 23.7 Å². The fraction of sp³-hybridized carbons (Fsp3) is 0.357. The van der Waals surface area contributed by atoms with Gasteiger partial charge in [0, 0.05) is 24.6 Å². The van der Waals surface area contributed by atoms with Crippen LogP contribution in [0.3, 0.4) is 0 Å². The summed E-state index contributed by atoms with van der Waals surface area (Å²) in [7, 11) is 0. The van der Waals surface area contributed by atoms with Crippen LogP contribution in [0.1, 0.15) is 12.2 Å². The number of rotatable bonds is 6. The van der Waals surface area contributed by atoms with Gasteiger partial charge in [0.25, 0.3) is 0 Å². The fourth-order valence-electron chi connectivity index (χ4n) is 1.88. The largest absolute Gasteiger partial charge is 0.468 e. The summed E-state index contributed by atoms with van der Waals surface area (Å²) in [6, 6.07) is 3.78. The van der Waals surface area contributed by atoms with Gasteiger partial charge in [0.1, 0.15) is 5.76 Å². The highest BCUT2D eigenvalue weighted by molar-refractivity contribution is 8.01. The van der Waals surface area contributed by atoms with Crippen LogP contribution in [0.25, 0.3) is 0 Å². The van der Waals surface area contributed by atoms with E-state index in [1.807, 2.05) is 24.3 Å². The van der Waals surface area contributed by atoms with Crippen molar-refractivity contribution < 1.29 is 14.3 Å². The van der Waals surface area contributed by atoms with Crippen LogP contribution < -0.4 is 5.32 Å². The van der Waals surface area contributed by atoms with Gasteiger partial charge < -0.3 is 14.8 Å². The lowest BCUT2D eigenvalue weighted by atomic mass is 10.1. The van der Waals surface area contributed by atoms with Crippen molar-refractivity contribution in [2.75, 3.05) is 6.61 Å². The first-order valence-electron chi connectivity index (χ1n) is 6.18. The predicted molar refractivity (Wildman–Crippen MR) is 75.4 cm³/mol. The summed E-state index contributed by atoms with van der Waals surface area (Å²) in [5, 5.41) is 13.6. The van der Waals surface area contributed by atoms with Crippen LogP contribution in [0.2, 0.25) is 0 Å². The topological polar surface area (TPSA) is 62.5 Å². The van der Waals surface area contributed by atoms with Gasteiger partial charge in [0.15, 0.2) is 0 Å². The van der Waals surface area contributed by atoms with E-state index in [1.165, 1.54) is 17.8 Å². The van der Waals surface area contributed by atoms with Crippen LogP contribution in [0, 0.1) is 5.92 Å². The standard InChI is InChI=1S/C14H17NO3S/c16-9-11-3-4-12(8-11)15-14(17)5-7-19-10-13-2-1-6-18-13/h1-7,11-12,16H,8-10H2,(H,15,17)/b7-5+/t11-,12+/m0/s1. The summed E-state index contributed by atoms with van der Waals surface area (Å²) in [5.41, 5.74) is 0. The number of aliphatic hydroxyl groups excluding tert-OH is 1. The van der Waals surface area contributed by atoms with Crippen LogP contribution in [0.5, 0.6) is 0 Å². The Hall–Kier alpha value is -1.46. The predicted octanol–water partition coefficient (Wildman–Crippen LogP) is 2.08. The van der Waals surface area contributed by atoms with E-state index in [1.54, 1.807) is 11.7 Å². The first-order chi connectivity index (χ1) is 9.28. The molecule has 2 atom stereocenters. The maximum absolute atomic E-state index is 11.6. The molecule has 0 fully saturated rings. The average Bonchev–Trinajstić information content (AvgIpc) is 3.05. The van der Waals surface area contributed by atoms with Gasteiger partial charge in [0.05, 0.1) is 12.0 Å². The molecular formula is C14H17NO3S. The van der Waals surface area contributed by atoms with E-state index in [0.717, 1.165) is 12.2 Å². The van der Waals surface area contributed by atoms with Crippen molar-refractivity contribution in [3.8, 4) is 0 Å². The molecule has 4 nitrogen and oxygen atoms in total. The second-order valence-corrected chi connectivity index (χ2v) is 5.27. The maximum Gasteiger partial charge on any atom is 0.244 e. The highest BCUT2D eigenvalue weighted by Gasteiger charge is 2.18. The number of carbonyl (C=O) groups is 1. The molecule has 0 bridgehead atoms. The van der Waals surface area contributed by atoms with Gasteiger partial charge in [-0.15, -0.1) is 11.8 Å². The molecule has 0 radical (unpaired) electrons. The average molecular weight is 279 g/mol. The summed E-state index contributed by atoms with van der Waals surface area (Å²) in [4.78, 5) is 11.6. The maximum atomic E-state index is 11.6. The number of thioether (sulfide) groups is 1. The lowest BCUT2D eigenvalue weighted by Gasteiger charge is -2.10. The van der Waals surface area contributed by atoms with Crippen LogP contribution in [0.4, 0.5) is 0 Å². The number of aliphatic hydroxyl groups is 1. The van der Waals surface area contributed by atoms with E-state index in [4.69, 9.17) is 9.52 Å². The summed E-state index contributed by atoms with van der Waals surface area (Å²) in [6.45, 7) is 0.137. The molecule has 102 valence electrons. The Morgan fingerprint density at radius 2 is 2.47 bits per heavy atom. The molecule has 2 rings (SSSR count). The zero-order chi connectivity index (χ0) is 13.5. The summed E-state index contributed by atoms with van der Waals surface area (Å²) < 4.78 is 5.18. The number of hydrogen-bond donors (Lipinski definition) is 2. The minimum atomic E-state index is -0.111. The molecule has 0 aromatic carbocycles. The van der Waals surface area contributed by atoms with Gasteiger partial charge in [0.2, 0.25) is 5.91 Å². The van der Waals surface area contributed by atoms with Gasteiger partial charge in [-0.3, -0.25) is 4.79 Å². The minimum Gasteiger partial charge on any atom is -0.468 e. The Balaban J connectivity index is 1.65. The zero-order valence-electron chi connectivity index (χ0n) is 10.5. The molecule has 0 saturated heterocycles. The molecule has 1 amide bonds. The van der Waals surface area contributed by atoms with E-state index in [-0.39, 0.29) is 24.5 Å². The van der Waals surface area contributed by atoms with Crippen molar-refractivity contribution in [1.82, 2.24) is 5.32 Å². The highest BCUT2D eigenvalue weighted by Crippen LogP contribution is 2.17. The molecule has 0 spiro atoms. The molecule has 5 heteroatoms. The van der Waals surface area contributed by atoms with Crippen molar-refractivity contribution in [3.63, 3.8) is 0 Å². The van der Waals surface area contributed by atoms with Crippen molar-refractivity contribution in [1.29, 1.82) is 0 Å². The smallest absolute Gasteiger partial charge is 0.244 e. The third kappa shape index (κ3) is 4.61. The zero-order valence-corrected chi connectivity index (χ0v) is 11.3. The van der Waals surface area contributed by atoms with Gasteiger partial charge in [-0.2, -0.15) is 0 Å². The summed E-state index contributed by atoms with van der Waals surface area (Å²) >= 11 is 1.51. The normalized spacial score (nSPS) is 22.2. The number of carbonyl (C=O) groups excluding carboxylic acids is 1. The third-order valence-corrected chi connectivity index (χ3v) is 3.64. The summed E-state index contributed by atoms with van der Waals surface area (Å²) in [6.07, 6.45) is 7.81. The molecule has 1 aromatic rings.